The van der Waals surface area contributed by atoms with E-state index >= 15 is 0 Å². The van der Waals surface area contributed by atoms with Gasteiger partial charge < -0.3 is 10.1 Å². The molecule has 0 saturated heterocycles. The van der Waals surface area contributed by atoms with Crippen molar-refractivity contribution in [3.8, 4) is 0 Å². The summed E-state index contributed by atoms with van der Waals surface area (Å²) in [6, 6.07) is 1.16. The first kappa shape index (κ1) is 15.1. The molecule has 0 atom stereocenters. The number of nitrogens with one attached hydrogen (secondary N) is 1. The van der Waals surface area contributed by atoms with Crippen LogP contribution in [0.3, 0.4) is 0 Å². The number of carbonyl (C=O) groups is 1. The highest BCUT2D eigenvalue weighted by Gasteiger charge is 2.26. The van der Waals surface area contributed by atoms with Crippen LogP contribution in [0.25, 0.3) is 0 Å². The van der Waals surface area contributed by atoms with Gasteiger partial charge in [-0.25, -0.2) is 17.5 Å². The molecule has 1 aromatic rings. The second-order valence-electron chi connectivity index (χ2n) is 5.34. The van der Waals surface area contributed by atoms with Crippen molar-refractivity contribution in [2.24, 2.45) is 5.92 Å². The number of aromatic nitrogens is 1. The highest BCUT2D eigenvalue weighted by molar-refractivity contribution is 7.89. The van der Waals surface area contributed by atoms with E-state index in [0.29, 0.717) is 12.5 Å². The minimum Gasteiger partial charge on any atom is -0.477 e. The van der Waals surface area contributed by atoms with Crippen LogP contribution in [-0.4, -0.2) is 42.4 Å². The quantitative estimate of drug-likeness (QED) is 0.869. The van der Waals surface area contributed by atoms with Gasteiger partial charge in [-0.15, -0.1) is 0 Å². The highest BCUT2D eigenvalue weighted by Crippen LogP contribution is 2.26. The van der Waals surface area contributed by atoms with Crippen molar-refractivity contribution in [2.75, 3.05) is 13.6 Å². The summed E-state index contributed by atoms with van der Waals surface area (Å²) in [6.07, 6.45) is 6.90. The van der Waals surface area contributed by atoms with E-state index in [9.17, 15) is 13.2 Å². The predicted octanol–water partition coefficient (Wildman–Crippen LogP) is 1.91. The predicted molar refractivity (Wildman–Crippen MR) is 74.1 cm³/mol. The van der Waals surface area contributed by atoms with Gasteiger partial charge in [0.05, 0.1) is 0 Å². The maximum absolute atomic E-state index is 12.4. The standard InChI is InChI=1S/C13H20N2O4S/c1-15(9-10-5-3-2-4-6-10)20(18,19)11-7-12(13(16)17)14-8-11/h7-8,10,14H,2-6,9H2,1H3,(H,16,17). The van der Waals surface area contributed by atoms with Crippen LogP contribution in [0.15, 0.2) is 17.2 Å². The largest absolute Gasteiger partial charge is 0.477 e. The SMILES string of the molecule is CN(CC1CCCCC1)S(=O)(=O)c1c[nH]c(C(=O)O)c1. The molecule has 0 aliphatic heterocycles. The van der Waals surface area contributed by atoms with Gasteiger partial charge in [0.2, 0.25) is 10.0 Å². The van der Waals surface area contributed by atoms with Crippen molar-refractivity contribution in [2.45, 2.75) is 37.0 Å². The molecule has 112 valence electrons. The third-order valence-corrected chi connectivity index (χ3v) is 5.64. The third kappa shape index (κ3) is 3.21. The molecule has 0 unspecified atom stereocenters. The number of sulfonamides is 1. The van der Waals surface area contributed by atoms with Crippen molar-refractivity contribution in [1.82, 2.24) is 9.29 Å². The summed E-state index contributed by atoms with van der Waals surface area (Å²) in [7, 11) is -2.06. The van der Waals surface area contributed by atoms with Crippen molar-refractivity contribution in [3.05, 3.63) is 18.0 Å². The van der Waals surface area contributed by atoms with E-state index < -0.39 is 16.0 Å². The van der Waals surface area contributed by atoms with Crippen LogP contribution in [-0.2, 0) is 10.0 Å². The molecular formula is C13H20N2O4S. The van der Waals surface area contributed by atoms with Crippen LogP contribution in [0.2, 0.25) is 0 Å². The van der Waals surface area contributed by atoms with Gasteiger partial charge in [0.25, 0.3) is 0 Å². The smallest absolute Gasteiger partial charge is 0.352 e. The van der Waals surface area contributed by atoms with Gasteiger partial charge in [-0.05, 0) is 24.8 Å². The zero-order valence-electron chi connectivity index (χ0n) is 11.5. The fourth-order valence-electron chi connectivity index (χ4n) is 2.66. The van der Waals surface area contributed by atoms with Gasteiger partial charge in [-0.3, -0.25) is 0 Å². The fourth-order valence-corrected chi connectivity index (χ4v) is 3.90. The Morgan fingerprint density at radius 1 is 1.40 bits per heavy atom. The Morgan fingerprint density at radius 3 is 2.60 bits per heavy atom. The lowest BCUT2D eigenvalue weighted by Gasteiger charge is -2.26. The first-order valence-corrected chi connectivity index (χ1v) is 8.23. The maximum atomic E-state index is 12.4. The molecule has 0 radical (unpaired) electrons. The van der Waals surface area contributed by atoms with Crippen LogP contribution in [0.1, 0.15) is 42.6 Å². The summed E-state index contributed by atoms with van der Waals surface area (Å²) in [6.45, 7) is 0.496. The Morgan fingerprint density at radius 2 is 2.05 bits per heavy atom. The van der Waals surface area contributed by atoms with Crippen molar-refractivity contribution >= 4 is 16.0 Å². The fraction of sp³-hybridized carbons (Fsp3) is 0.615. The number of rotatable bonds is 5. The van der Waals surface area contributed by atoms with Crippen LogP contribution < -0.4 is 0 Å². The summed E-state index contributed by atoms with van der Waals surface area (Å²) < 4.78 is 26.0. The lowest BCUT2D eigenvalue weighted by molar-refractivity contribution is 0.0691. The molecule has 1 aliphatic carbocycles. The molecule has 0 spiro atoms. The van der Waals surface area contributed by atoms with Crippen LogP contribution in [0.5, 0.6) is 0 Å². The molecule has 20 heavy (non-hydrogen) atoms. The topological polar surface area (TPSA) is 90.5 Å². The second-order valence-corrected chi connectivity index (χ2v) is 7.39. The van der Waals surface area contributed by atoms with E-state index in [1.165, 1.54) is 16.9 Å². The Kier molecular flexibility index (Phi) is 4.49. The molecule has 1 fully saturated rings. The first-order chi connectivity index (χ1) is 9.41. The molecule has 2 N–H and O–H groups in total. The Hall–Kier alpha value is -1.34. The summed E-state index contributed by atoms with van der Waals surface area (Å²) >= 11 is 0. The lowest BCUT2D eigenvalue weighted by Crippen LogP contribution is -2.32. The lowest BCUT2D eigenvalue weighted by atomic mass is 9.89. The van der Waals surface area contributed by atoms with Crippen molar-refractivity contribution < 1.29 is 18.3 Å². The maximum Gasteiger partial charge on any atom is 0.352 e. The number of carboxylic acid groups (broad SMARTS) is 1. The Labute approximate surface area is 118 Å². The summed E-state index contributed by atoms with van der Waals surface area (Å²) in [5.74, 6) is -0.761. The van der Waals surface area contributed by atoms with Gasteiger partial charge in [0.1, 0.15) is 10.6 Å². The number of aromatic carboxylic acids is 1. The summed E-state index contributed by atoms with van der Waals surface area (Å²) in [4.78, 5) is 13.3. The number of nitrogens with zero attached hydrogens (tertiary/aromatic N) is 1. The van der Waals surface area contributed by atoms with Crippen molar-refractivity contribution in [3.63, 3.8) is 0 Å². The number of hydrogen-bond donors (Lipinski definition) is 2. The molecule has 0 aromatic carbocycles. The van der Waals surface area contributed by atoms with E-state index in [-0.39, 0.29) is 10.6 Å². The molecule has 1 saturated carbocycles. The molecule has 0 amide bonds. The molecule has 6 nitrogen and oxygen atoms in total. The molecule has 0 bridgehead atoms. The number of carboxylic acids is 1. The number of hydrogen-bond acceptors (Lipinski definition) is 3. The van der Waals surface area contributed by atoms with Gasteiger partial charge >= 0.3 is 5.97 Å². The van der Waals surface area contributed by atoms with Gasteiger partial charge in [0, 0.05) is 19.8 Å². The normalized spacial score (nSPS) is 17.5. The third-order valence-electron chi connectivity index (χ3n) is 3.84. The first-order valence-electron chi connectivity index (χ1n) is 6.79. The zero-order valence-corrected chi connectivity index (χ0v) is 12.3. The van der Waals surface area contributed by atoms with Crippen LogP contribution in [0.4, 0.5) is 0 Å². The van der Waals surface area contributed by atoms with E-state index in [1.54, 1.807) is 7.05 Å². The number of aromatic amines is 1. The average Bonchev–Trinajstić information content (AvgIpc) is 2.90. The zero-order chi connectivity index (χ0) is 14.8. The van der Waals surface area contributed by atoms with E-state index in [4.69, 9.17) is 5.11 Å². The van der Waals surface area contributed by atoms with E-state index in [2.05, 4.69) is 4.98 Å². The molecule has 1 aromatic heterocycles. The number of H-pyrrole nitrogens is 1. The average molecular weight is 300 g/mol. The van der Waals surface area contributed by atoms with Gasteiger partial charge in [-0.2, -0.15) is 0 Å². The van der Waals surface area contributed by atoms with Gasteiger partial charge in [-0.1, -0.05) is 19.3 Å². The van der Waals surface area contributed by atoms with E-state index in [1.807, 2.05) is 0 Å². The van der Waals surface area contributed by atoms with Gasteiger partial charge in [0.15, 0.2) is 0 Å². The Bertz CT molecular complexity index is 573. The molecule has 1 heterocycles. The second kappa shape index (κ2) is 5.97. The molecule has 7 heteroatoms. The van der Waals surface area contributed by atoms with Crippen LogP contribution in [0, 0.1) is 5.92 Å². The summed E-state index contributed by atoms with van der Waals surface area (Å²) in [5, 5.41) is 8.82. The minimum atomic E-state index is -3.61. The molecular weight excluding hydrogens is 280 g/mol. The summed E-state index contributed by atoms with van der Waals surface area (Å²) in [5.41, 5.74) is -0.116. The minimum absolute atomic E-state index is 0.00760. The van der Waals surface area contributed by atoms with Crippen molar-refractivity contribution in [1.29, 1.82) is 0 Å². The molecule has 2 rings (SSSR count). The van der Waals surface area contributed by atoms with E-state index in [0.717, 1.165) is 31.7 Å². The highest BCUT2D eigenvalue weighted by atomic mass is 32.2. The monoisotopic (exact) mass is 300 g/mol. The molecule has 1 aliphatic rings. The Balaban J connectivity index is 2.09. The van der Waals surface area contributed by atoms with Crippen LogP contribution >= 0.6 is 0 Å².